The summed E-state index contributed by atoms with van der Waals surface area (Å²) >= 11 is 1.05. The average Bonchev–Trinajstić information content (AvgIpc) is 3.33. The van der Waals surface area contributed by atoms with E-state index in [4.69, 9.17) is 4.42 Å². The van der Waals surface area contributed by atoms with E-state index >= 15 is 0 Å². The number of carbonyl (C=O) groups excluding carboxylic acids is 2. The highest BCUT2D eigenvalue weighted by Gasteiger charge is 2.29. The van der Waals surface area contributed by atoms with Crippen LogP contribution in [0.4, 0.5) is 0 Å². The van der Waals surface area contributed by atoms with Gasteiger partial charge in [-0.2, -0.15) is 4.72 Å². The molecule has 0 aliphatic rings. The third-order valence-corrected chi connectivity index (χ3v) is 7.18. The fourth-order valence-electron chi connectivity index (χ4n) is 2.78. The normalized spacial score (nSPS) is 12.8. The number of amides is 2. The van der Waals surface area contributed by atoms with Crippen LogP contribution in [0, 0.1) is 12.8 Å². The van der Waals surface area contributed by atoms with E-state index in [0.717, 1.165) is 16.7 Å². The molecule has 0 unspecified atom stereocenters. The molecule has 8 nitrogen and oxygen atoms in total. The van der Waals surface area contributed by atoms with Crippen molar-refractivity contribution in [2.24, 2.45) is 5.92 Å². The van der Waals surface area contributed by atoms with Crippen LogP contribution in [0.5, 0.6) is 0 Å². The lowest BCUT2D eigenvalue weighted by Gasteiger charge is -2.21. The van der Waals surface area contributed by atoms with Crippen molar-refractivity contribution in [3.05, 3.63) is 53.1 Å². The summed E-state index contributed by atoms with van der Waals surface area (Å²) < 4.78 is 32.9. The van der Waals surface area contributed by atoms with Gasteiger partial charge < -0.3 is 4.42 Å². The Morgan fingerprint density at radius 3 is 2.41 bits per heavy atom. The Labute approximate surface area is 172 Å². The summed E-state index contributed by atoms with van der Waals surface area (Å²) in [5.41, 5.74) is 5.78. The number of aryl methyl sites for hydroxylation is 1. The molecule has 3 rings (SSSR count). The van der Waals surface area contributed by atoms with Crippen LogP contribution in [0.3, 0.4) is 0 Å². The molecule has 0 fully saturated rings. The molecule has 2 amide bonds. The van der Waals surface area contributed by atoms with Crippen molar-refractivity contribution in [3.63, 3.8) is 0 Å². The zero-order chi connectivity index (χ0) is 21.2. The molecule has 0 saturated heterocycles. The van der Waals surface area contributed by atoms with E-state index in [0.29, 0.717) is 11.1 Å². The highest BCUT2D eigenvalue weighted by molar-refractivity contribution is 7.91. The zero-order valence-electron chi connectivity index (χ0n) is 16.1. The second kappa shape index (κ2) is 8.36. The third kappa shape index (κ3) is 4.50. The van der Waals surface area contributed by atoms with E-state index in [1.54, 1.807) is 44.4 Å². The molecule has 0 bridgehead atoms. The molecule has 0 spiro atoms. The van der Waals surface area contributed by atoms with Crippen molar-refractivity contribution in [3.8, 4) is 0 Å². The maximum atomic E-state index is 12.5. The van der Waals surface area contributed by atoms with Gasteiger partial charge in [0.1, 0.15) is 15.8 Å². The lowest BCUT2D eigenvalue weighted by molar-refractivity contribution is -0.124. The molecule has 0 saturated carbocycles. The van der Waals surface area contributed by atoms with Gasteiger partial charge in [0.05, 0.1) is 0 Å². The van der Waals surface area contributed by atoms with Crippen molar-refractivity contribution >= 4 is 44.1 Å². The summed E-state index contributed by atoms with van der Waals surface area (Å²) in [6.07, 6.45) is 0. The molecule has 1 aromatic carbocycles. The summed E-state index contributed by atoms with van der Waals surface area (Å²) in [5.74, 6) is -1.58. The van der Waals surface area contributed by atoms with E-state index < -0.39 is 27.9 Å². The number of fused-ring (bicyclic) bond motifs is 1. The van der Waals surface area contributed by atoms with Crippen LogP contribution in [0.25, 0.3) is 11.0 Å². The Kier molecular flexibility index (Phi) is 6.06. The number of thiophene rings is 1. The van der Waals surface area contributed by atoms with Crippen LogP contribution in [0.15, 0.2) is 50.4 Å². The van der Waals surface area contributed by atoms with Gasteiger partial charge in [0.25, 0.3) is 15.9 Å². The Hall–Kier alpha value is -2.69. The van der Waals surface area contributed by atoms with Crippen LogP contribution in [-0.4, -0.2) is 26.3 Å². The van der Waals surface area contributed by atoms with Crippen LogP contribution in [0.1, 0.15) is 30.0 Å². The smallest absolute Gasteiger partial charge is 0.305 e. The SMILES string of the molecule is Cc1c(C(=O)NNC(=O)[C@H](NS(=O)(=O)c2cccs2)C(C)C)oc2ccccc12. The summed E-state index contributed by atoms with van der Waals surface area (Å²) in [4.78, 5) is 25.0. The molecule has 1 atom stereocenters. The third-order valence-electron chi connectivity index (χ3n) is 4.34. The van der Waals surface area contributed by atoms with E-state index in [-0.39, 0.29) is 15.9 Å². The number of nitrogens with one attached hydrogen (secondary N) is 3. The van der Waals surface area contributed by atoms with Gasteiger partial charge in [-0.15, -0.1) is 11.3 Å². The Morgan fingerprint density at radius 1 is 1.07 bits per heavy atom. The number of para-hydroxylation sites is 1. The minimum atomic E-state index is -3.84. The van der Waals surface area contributed by atoms with E-state index in [1.165, 1.54) is 6.07 Å². The molecular weight excluding hydrogens is 414 g/mol. The fraction of sp³-hybridized carbons (Fsp3) is 0.263. The molecule has 0 radical (unpaired) electrons. The number of furan rings is 1. The van der Waals surface area contributed by atoms with Gasteiger partial charge in [0.15, 0.2) is 5.76 Å². The van der Waals surface area contributed by atoms with Crippen LogP contribution in [0.2, 0.25) is 0 Å². The lowest BCUT2D eigenvalue weighted by Crippen LogP contribution is -2.54. The zero-order valence-corrected chi connectivity index (χ0v) is 17.7. The summed E-state index contributed by atoms with van der Waals surface area (Å²) in [7, 11) is -3.84. The second-order valence-electron chi connectivity index (χ2n) is 6.77. The highest BCUT2D eigenvalue weighted by Crippen LogP contribution is 2.24. The van der Waals surface area contributed by atoms with Crippen LogP contribution < -0.4 is 15.6 Å². The topological polar surface area (TPSA) is 118 Å². The first-order valence-corrected chi connectivity index (χ1v) is 11.2. The van der Waals surface area contributed by atoms with Crippen LogP contribution in [-0.2, 0) is 14.8 Å². The first kappa shape index (κ1) is 21.0. The average molecular weight is 436 g/mol. The van der Waals surface area contributed by atoms with Gasteiger partial charge in [-0.05, 0) is 30.4 Å². The highest BCUT2D eigenvalue weighted by atomic mass is 32.2. The van der Waals surface area contributed by atoms with Gasteiger partial charge in [-0.25, -0.2) is 8.42 Å². The molecule has 2 aromatic heterocycles. The molecule has 3 N–H and O–H groups in total. The maximum Gasteiger partial charge on any atom is 0.305 e. The largest absolute Gasteiger partial charge is 0.451 e. The van der Waals surface area contributed by atoms with Crippen molar-refractivity contribution in [2.75, 3.05) is 0 Å². The Balaban J connectivity index is 1.70. The summed E-state index contributed by atoms with van der Waals surface area (Å²) in [5, 5.41) is 2.43. The number of carbonyl (C=O) groups is 2. The predicted molar refractivity (Wildman–Crippen MR) is 110 cm³/mol. The molecular formula is C19H21N3O5S2. The number of benzene rings is 1. The number of hydrazine groups is 1. The Bertz CT molecular complexity index is 1130. The molecule has 2 heterocycles. The quantitative estimate of drug-likeness (QED) is 0.515. The van der Waals surface area contributed by atoms with Gasteiger partial charge >= 0.3 is 5.91 Å². The minimum absolute atomic E-state index is 0.0757. The molecule has 0 aliphatic heterocycles. The monoisotopic (exact) mass is 435 g/mol. The van der Waals surface area contributed by atoms with Gasteiger partial charge in [0, 0.05) is 10.9 Å². The maximum absolute atomic E-state index is 12.5. The standard InChI is InChI=1S/C19H21N3O5S2/c1-11(2)16(22-29(25,26)15-9-6-10-28-15)18(23)20-21-19(24)17-12(3)13-7-4-5-8-14(13)27-17/h4-11,16,22H,1-3H3,(H,20,23)(H,21,24)/t16-/m1/s1. The number of rotatable bonds is 6. The van der Waals surface area contributed by atoms with E-state index in [9.17, 15) is 18.0 Å². The molecule has 154 valence electrons. The van der Waals surface area contributed by atoms with E-state index in [2.05, 4.69) is 15.6 Å². The Morgan fingerprint density at radius 2 is 1.79 bits per heavy atom. The number of sulfonamides is 1. The molecule has 10 heteroatoms. The lowest BCUT2D eigenvalue weighted by atomic mass is 10.1. The van der Waals surface area contributed by atoms with Crippen molar-refractivity contribution in [2.45, 2.75) is 31.0 Å². The first-order chi connectivity index (χ1) is 13.7. The van der Waals surface area contributed by atoms with Gasteiger partial charge in [0.2, 0.25) is 0 Å². The van der Waals surface area contributed by atoms with Crippen molar-refractivity contribution in [1.82, 2.24) is 15.6 Å². The van der Waals surface area contributed by atoms with Gasteiger partial charge in [-0.3, -0.25) is 20.4 Å². The minimum Gasteiger partial charge on any atom is -0.451 e. The predicted octanol–water partition coefficient (Wildman–Crippen LogP) is 2.57. The first-order valence-electron chi connectivity index (χ1n) is 8.85. The van der Waals surface area contributed by atoms with Gasteiger partial charge in [-0.1, -0.05) is 38.1 Å². The van der Waals surface area contributed by atoms with Crippen molar-refractivity contribution in [1.29, 1.82) is 0 Å². The second-order valence-corrected chi connectivity index (χ2v) is 9.66. The number of hydrogen-bond donors (Lipinski definition) is 3. The fourth-order valence-corrected chi connectivity index (χ4v) is 5.13. The summed E-state index contributed by atoms with van der Waals surface area (Å²) in [6, 6.07) is 9.19. The van der Waals surface area contributed by atoms with Crippen molar-refractivity contribution < 1.29 is 22.4 Å². The van der Waals surface area contributed by atoms with E-state index in [1.807, 2.05) is 12.1 Å². The van der Waals surface area contributed by atoms with Crippen LogP contribution >= 0.6 is 11.3 Å². The molecule has 29 heavy (non-hydrogen) atoms. The number of hydrogen-bond acceptors (Lipinski definition) is 6. The summed E-state index contributed by atoms with van der Waals surface area (Å²) in [6.45, 7) is 5.15. The molecule has 0 aliphatic carbocycles. The molecule has 3 aromatic rings.